The lowest BCUT2D eigenvalue weighted by atomic mass is 10.1. The molecular formula is C17H15FN2O2. The predicted octanol–water partition coefficient (Wildman–Crippen LogP) is 3.46. The first-order chi connectivity index (χ1) is 10.5. The molecule has 112 valence electrons. The zero-order valence-corrected chi connectivity index (χ0v) is 12.0. The van der Waals surface area contributed by atoms with Gasteiger partial charge in [0, 0.05) is 24.5 Å². The second-order valence-corrected chi connectivity index (χ2v) is 5.15. The third-order valence-corrected chi connectivity index (χ3v) is 3.60. The van der Waals surface area contributed by atoms with Gasteiger partial charge in [-0.1, -0.05) is 6.07 Å². The van der Waals surface area contributed by atoms with Gasteiger partial charge < -0.3 is 14.8 Å². The smallest absolute Gasteiger partial charge is 0.158 e. The van der Waals surface area contributed by atoms with Gasteiger partial charge in [-0.05, 0) is 48.4 Å². The van der Waals surface area contributed by atoms with Gasteiger partial charge in [0.1, 0.15) is 11.6 Å². The van der Waals surface area contributed by atoms with Crippen LogP contribution in [0.1, 0.15) is 11.1 Å². The van der Waals surface area contributed by atoms with Crippen molar-refractivity contribution in [2.45, 2.75) is 13.5 Å². The molecule has 2 N–H and O–H groups in total. The molecule has 22 heavy (non-hydrogen) atoms. The van der Waals surface area contributed by atoms with Gasteiger partial charge in [0.15, 0.2) is 11.5 Å². The van der Waals surface area contributed by atoms with E-state index in [0.29, 0.717) is 17.9 Å². The van der Waals surface area contributed by atoms with Crippen molar-refractivity contribution in [3.63, 3.8) is 0 Å². The lowest BCUT2D eigenvalue weighted by molar-refractivity contribution is 0.404. The maximum atomic E-state index is 13.4. The van der Waals surface area contributed by atoms with E-state index in [1.54, 1.807) is 24.5 Å². The molecular weight excluding hydrogens is 283 g/mol. The highest BCUT2D eigenvalue weighted by molar-refractivity contribution is 5.61. The van der Waals surface area contributed by atoms with Gasteiger partial charge in [-0.3, -0.25) is 0 Å². The summed E-state index contributed by atoms with van der Waals surface area (Å²) in [5.74, 6) is -0.0136. The van der Waals surface area contributed by atoms with Gasteiger partial charge in [0.2, 0.25) is 0 Å². The molecule has 0 fully saturated rings. The lowest BCUT2D eigenvalue weighted by Crippen LogP contribution is -2.03. The highest BCUT2D eigenvalue weighted by Gasteiger charge is 2.10. The Morgan fingerprint density at radius 2 is 1.91 bits per heavy atom. The minimum absolute atomic E-state index is 0.178. The molecule has 0 radical (unpaired) electrons. The van der Waals surface area contributed by atoms with Crippen molar-refractivity contribution in [2.24, 2.45) is 0 Å². The van der Waals surface area contributed by atoms with Gasteiger partial charge >= 0.3 is 0 Å². The van der Waals surface area contributed by atoms with Crippen LogP contribution in [0, 0.1) is 12.7 Å². The minimum Gasteiger partial charge on any atom is -0.504 e. The van der Waals surface area contributed by atoms with Crippen LogP contribution < -0.4 is 0 Å². The van der Waals surface area contributed by atoms with Crippen molar-refractivity contribution in [3.05, 3.63) is 65.7 Å². The van der Waals surface area contributed by atoms with Crippen molar-refractivity contribution in [3.8, 4) is 22.9 Å². The Kier molecular flexibility index (Phi) is 3.55. The van der Waals surface area contributed by atoms with E-state index in [1.165, 1.54) is 24.3 Å². The molecule has 0 spiro atoms. The summed E-state index contributed by atoms with van der Waals surface area (Å²) in [7, 11) is 0. The molecule has 1 aromatic heterocycles. The molecule has 1 heterocycles. The van der Waals surface area contributed by atoms with Crippen LogP contribution in [0.5, 0.6) is 11.5 Å². The van der Waals surface area contributed by atoms with Crippen molar-refractivity contribution in [1.82, 2.24) is 9.55 Å². The quantitative estimate of drug-likeness (QED) is 0.728. The summed E-state index contributed by atoms with van der Waals surface area (Å²) in [6.45, 7) is 2.40. The number of phenols is 2. The first kappa shape index (κ1) is 14.1. The van der Waals surface area contributed by atoms with Crippen LogP contribution in [0.15, 0.2) is 48.8 Å². The number of aryl methyl sites for hydroxylation is 1. The molecule has 0 amide bonds. The molecule has 0 saturated carbocycles. The standard InChI is InChI=1S/C17H15FN2O2/c1-11-2-4-14(18)8-13(11)10-20-7-6-19-17(20)12-3-5-15(21)16(22)9-12/h2-9,21-22H,10H2,1H3. The highest BCUT2D eigenvalue weighted by atomic mass is 19.1. The zero-order valence-electron chi connectivity index (χ0n) is 12.0. The molecule has 0 aliphatic heterocycles. The SMILES string of the molecule is Cc1ccc(F)cc1Cn1ccnc1-c1ccc(O)c(O)c1. The van der Waals surface area contributed by atoms with E-state index in [2.05, 4.69) is 4.98 Å². The summed E-state index contributed by atoms with van der Waals surface area (Å²) in [6.07, 6.45) is 3.44. The Labute approximate surface area is 127 Å². The van der Waals surface area contributed by atoms with Crippen LogP contribution in [0.25, 0.3) is 11.4 Å². The third-order valence-electron chi connectivity index (χ3n) is 3.60. The van der Waals surface area contributed by atoms with Gasteiger partial charge in [-0.15, -0.1) is 0 Å². The average molecular weight is 298 g/mol. The van der Waals surface area contributed by atoms with Crippen LogP contribution in [0.2, 0.25) is 0 Å². The lowest BCUT2D eigenvalue weighted by Gasteiger charge is -2.11. The molecule has 3 rings (SSSR count). The molecule has 0 bridgehead atoms. The van der Waals surface area contributed by atoms with Gasteiger partial charge in [0.25, 0.3) is 0 Å². The summed E-state index contributed by atoms with van der Waals surface area (Å²) in [6, 6.07) is 9.22. The number of nitrogens with zero attached hydrogens (tertiary/aromatic N) is 2. The number of phenolic OH excluding ortho intramolecular Hbond substituents is 2. The van der Waals surface area contributed by atoms with Crippen LogP contribution in [0.3, 0.4) is 0 Å². The van der Waals surface area contributed by atoms with E-state index in [0.717, 1.165) is 11.1 Å². The van der Waals surface area contributed by atoms with E-state index in [-0.39, 0.29) is 17.3 Å². The van der Waals surface area contributed by atoms with E-state index in [1.807, 2.05) is 11.5 Å². The molecule has 0 saturated heterocycles. The maximum Gasteiger partial charge on any atom is 0.158 e. The van der Waals surface area contributed by atoms with Gasteiger partial charge in [-0.2, -0.15) is 0 Å². The Hall–Kier alpha value is -2.82. The Morgan fingerprint density at radius 1 is 1.09 bits per heavy atom. The average Bonchev–Trinajstić information content (AvgIpc) is 2.94. The zero-order chi connectivity index (χ0) is 15.7. The van der Waals surface area contributed by atoms with E-state index in [9.17, 15) is 14.6 Å². The summed E-state index contributed by atoms with van der Waals surface area (Å²) in [4.78, 5) is 4.28. The van der Waals surface area contributed by atoms with Crippen molar-refractivity contribution in [2.75, 3.05) is 0 Å². The van der Waals surface area contributed by atoms with Gasteiger partial charge in [0.05, 0.1) is 0 Å². The molecule has 3 aromatic rings. The maximum absolute atomic E-state index is 13.4. The van der Waals surface area contributed by atoms with Crippen molar-refractivity contribution < 1.29 is 14.6 Å². The van der Waals surface area contributed by atoms with Crippen molar-refractivity contribution >= 4 is 0 Å². The number of benzene rings is 2. The number of hydrogen-bond donors (Lipinski definition) is 2. The van der Waals surface area contributed by atoms with Crippen LogP contribution in [0.4, 0.5) is 4.39 Å². The normalized spacial score (nSPS) is 10.8. The highest BCUT2D eigenvalue weighted by Crippen LogP contribution is 2.30. The fourth-order valence-corrected chi connectivity index (χ4v) is 2.35. The topological polar surface area (TPSA) is 58.3 Å². The molecule has 0 aliphatic rings. The first-order valence-electron chi connectivity index (χ1n) is 6.83. The largest absolute Gasteiger partial charge is 0.504 e. The van der Waals surface area contributed by atoms with Crippen LogP contribution in [-0.2, 0) is 6.54 Å². The molecule has 0 unspecified atom stereocenters. The minimum atomic E-state index is -0.274. The van der Waals surface area contributed by atoms with Gasteiger partial charge in [-0.25, -0.2) is 9.37 Å². The second-order valence-electron chi connectivity index (χ2n) is 5.15. The van der Waals surface area contributed by atoms with Crippen LogP contribution in [-0.4, -0.2) is 19.8 Å². The second kappa shape index (κ2) is 5.52. The predicted molar refractivity (Wildman–Crippen MR) is 81.2 cm³/mol. The molecule has 4 nitrogen and oxygen atoms in total. The third kappa shape index (κ3) is 2.65. The molecule has 2 aromatic carbocycles. The molecule has 0 atom stereocenters. The number of aromatic hydroxyl groups is 2. The Balaban J connectivity index is 1.98. The molecule has 5 heteroatoms. The summed E-state index contributed by atoms with van der Waals surface area (Å²) in [5.41, 5.74) is 2.53. The number of halogens is 1. The number of imidazole rings is 1. The Bertz CT molecular complexity index is 827. The van der Waals surface area contributed by atoms with E-state index < -0.39 is 0 Å². The summed E-state index contributed by atoms with van der Waals surface area (Å²) >= 11 is 0. The summed E-state index contributed by atoms with van der Waals surface area (Å²) in [5, 5.41) is 19.0. The molecule has 0 aliphatic carbocycles. The fourth-order valence-electron chi connectivity index (χ4n) is 2.35. The first-order valence-corrected chi connectivity index (χ1v) is 6.83. The van der Waals surface area contributed by atoms with E-state index in [4.69, 9.17) is 0 Å². The number of hydrogen-bond acceptors (Lipinski definition) is 3. The van der Waals surface area contributed by atoms with Crippen LogP contribution >= 0.6 is 0 Å². The Morgan fingerprint density at radius 3 is 2.68 bits per heavy atom. The van der Waals surface area contributed by atoms with E-state index >= 15 is 0 Å². The summed E-state index contributed by atoms with van der Waals surface area (Å²) < 4.78 is 15.3. The van der Waals surface area contributed by atoms with Crippen molar-refractivity contribution in [1.29, 1.82) is 0 Å². The fraction of sp³-hybridized carbons (Fsp3) is 0.118. The monoisotopic (exact) mass is 298 g/mol. The number of rotatable bonds is 3. The number of aromatic nitrogens is 2.